The van der Waals surface area contributed by atoms with E-state index in [1.165, 1.54) is 16.8 Å². The van der Waals surface area contributed by atoms with Crippen LogP contribution < -0.4 is 5.69 Å². The standard InChI is InChI=1S/C17H21N5OS/c1-12-5-7-24-15(12)10-21-6-3-4-13(9-21)22-16-14(8-18-11-19-16)20(2)17(22)23/h5,7-8,11,13H,3-4,6,9-10H2,1-2H3. The van der Waals surface area contributed by atoms with Crippen LogP contribution in [0.4, 0.5) is 0 Å². The molecule has 1 aliphatic heterocycles. The minimum absolute atomic E-state index is 0.00431. The van der Waals surface area contributed by atoms with Gasteiger partial charge >= 0.3 is 5.69 Å². The fourth-order valence-corrected chi connectivity index (χ4v) is 4.52. The second kappa shape index (κ2) is 6.14. The average Bonchev–Trinajstić information content (AvgIpc) is 3.10. The van der Waals surface area contributed by atoms with Crippen molar-refractivity contribution in [3.05, 3.63) is 44.9 Å². The summed E-state index contributed by atoms with van der Waals surface area (Å²) in [7, 11) is 1.79. The summed E-state index contributed by atoms with van der Waals surface area (Å²) in [4.78, 5) is 25.0. The van der Waals surface area contributed by atoms with Crippen LogP contribution in [-0.2, 0) is 13.6 Å². The van der Waals surface area contributed by atoms with Gasteiger partial charge in [-0.25, -0.2) is 14.8 Å². The molecular weight excluding hydrogens is 322 g/mol. The van der Waals surface area contributed by atoms with Gasteiger partial charge in [-0.05, 0) is 43.3 Å². The highest BCUT2D eigenvalue weighted by atomic mass is 32.1. The first kappa shape index (κ1) is 15.5. The summed E-state index contributed by atoms with van der Waals surface area (Å²) in [5, 5.41) is 2.15. The molecule has 0 spiro atoms. The van der Waals surface area contributed by atoms with Crippen molar-refractivity contribution >= 4 is 22.5 Å². The second-order valence-corrected chi connectivity index (χ2v) is 7.50. The van der Waals surface area contributed by atoms with Crippen LogP contribution in [0.25, 0.3) is 11.2 Å². The predicted octanol–water partition coefficient (Wildman–Crippen LogP) is 2.34. The number of likely N-dealkylation sites (tertiary alicyclic amines) is 1. The van der Waals surface area contributed by atoms with E-state index in [1.807, 2.05) is 15.9 Å². The molecule has 7 heteroatoms. The van der Waals surface area contributed by atoms with Crippen molar-refractivity contribution in [2.45, 2.75) is 32.4 Å². The Morgan fingerprint density at radius 2 is 2.29 bits per heavy atom. The number of nitrogens with zero attached hydrogens (tertiary/aromatic N) is 5. The molecule has 4 heterocycles. The quantitative estimate of drug-likeness (QED) is 0.732. The molecule has 1 fully saturated rings. The number of hydrogen-bond donors (Lipinski definition) is 0. The third-order valence-electron chi connectivity index (χ3n) is 4.94. The highest BCUT2D eigenvalue weighted by Crippen LogP contribution is 2.26. The first-order valence-electron chi connectivity index (χ1n) is 8.27. The molecule has 1 saturated heterocycles. The SMILES string of the molecule is Cc1ccsc1CN1CCCC(n2c(=O)n(C)c3cncnc32)C1. The zero-order valence-corrected chi connectivity index (χ0v) is 14.8. The van der Waals surface area contributed by atoms with E-state index < -0.39 is 0 Å². The lowest BCUT2D eigenvalue weighted by atomic mass is 10.1. The first-order chi connectivity index (χ1) is 11.6. The Kier molecular flexibility index (Phi) is 3.97. The molecule has 0 amide bonds. The number of thiophene rings is 1. The maximum Gasteiger partial charge on any atom is 0.330 e. The lowest BCUT2D eigenvalue weighted by Gasteiger charge is -2.33. The Bertz CT molecular complexity index is 925. The van der Waals surface area contributed by atoms with Gasteiger partial charge in [0.1, 0.15) is 11.8 Å². The van der Waals surface area contributed by atoms with E-state index in [9.17, 15) is 4.79 Å². The Hall–Kier alpha value is -1.99. The van der Waals surface area contributed by atoms with Gasteiger partial charge in [0.05, 0.1) is 12.2 Å². The van der Waals surface area contributed by atoms with E-state index in [-0.39, 0.29) is 11.7 Å². The molecule has 0 aromatic carbocycles. The van der Waals surface area contributed by atoms with E-state index in [4.69, 9.17) is 0 Å². The summed E-state index contributed by atoms with van der Waals surface area (Å²) in [5.74, 6) is 0. The molecule has 126 valence electrons. The minimum Gasteiger partial charge on any atom is -0.296 e. The van der Waals surface area contributed by atoms with Crippen LogP contribution in [0.5, 0.6) is 0 Å². The average molecular weight is 343 g/mol. The maximum atomic E-state index is 12.7. The van der Waals surface area contributed by atoms with Crippen molar-refractivity contribution in [1.29, 1.82) is 0 Å². The van der Waals surface area contributed by atoms with Gasteiger partial charge in [-0.1, -0.05) is 0 Å². The molecule has 4 rings (SSSR count). The van der Waals surface area contributed by atoms with Gasteiger partial charge in [0.25, 0.3) is 0 Å². The predicted molar refractivity (Wildman–Crippen MR) is 95.4 cm³/mol. The van der Waals surface area contributed by atoms with Crippen molar-refractivity contribution in [1.82, 2.24) is 24.0 Å². The molecule has 1 unspecified atom stereocenters. The lowest BCUT2D eigenvalue weighted by molar-refractivity contribution is 0.171. The first-order valence-corrected chi connectivity index (χ1v) is 9.15. The van der Waals surface area contributed by atoms with Crippen LogP contribution in [-0.4, -0.2) is 37.1 Å². The second-order valence-electron chi connectivity index (χ2n) is 6.50. The molecule has 0 N–H and O–H groups in total. The molecule has 0 saturated carbocycles. The fourth-order valence-electron chi connectivity index (χ4n) is 3.58. The fraction of sp³-hybridized carbons (Fsp3) is 0.471. The molecule has 0 bridgehead atoms. The Balaban J connectivity index is 1.64. The molecule has 0 aliphatic carbocycles. The zero-order valence-electron chi connectivity index (χ0n) is 14.0. The number of aryl methyl sites for hydroxylation is 2. The van der Waals surface area contributed by atoms with Crippen LogP contribution in [0.3, 0.4) is 0 Å². The number of fused-ring (bicyclic) bond motifs is 1. The molecule has 1 aliphatic rings. The van der Waals surface area contributed by atoms with Gasteiger partial charge in [0.15, 0.2) is 5.65 Å². The van der Waals surface area contributed by atoms with Crippen molar-refractivity contribution in [2.75, 3.05) is 13.1 Å². The van der Waals surface area contributed by atoms with Crippen molar-refractivity contribution in [2.24, 2.45) is 7.05 Å². The normalized spacial score (nSPS) is 19.2. The van der Waals surface area contributed by atoms with E-state index in [0.717, 1.165) is 43.6 Å². The molecule has 3 aromatic heterocycles. The van der Waals surface area contributed by atoms with Gasteiger partial charge in [-0.15, -0.1) is 11.3 Å². The number of imidazole rings is 1. The van der Waals surface area contributed by atoms with Gasteiger partial charge in [0, 0.05) is 25.0 Å². The molecule has 6 nitrogen and oxygen atoms in total. The van der Waals surface area contributed by atoms with Crippen molar-refractivity contribution in [3.8, 4) is 0 Å². The largest absolute Gasteiger partial charge is 0.330 e. The zero-order chi connectivity index (χ0) is 16.7. The maximum absolute atomic E-state index is 12.7. The summed E-state index contributed by atoms with van der Waals surface area (Å²) in [6.45, 7) is 5.11. The van der Waals surface area contributed by atoms with Crippen LogP contribution in [0.15, 0.2) is 28.8 Å². The number of hydrogen-bond acceptors (Lipinski definition) is 5. The Morgan fingerprint density at radius 1 is 1.42 bits per heavy atom. The number of rotatable bonds is 3. The van der Waals surface area contributed by atoms with Crippen LogP contribution in [0, 0.1) is 6.92 Å². The summed E-state index contributed by atoms with van der Waals surface area (Å²) in [6.07, 6.45) is 5.36. The highest BCUT2D eigenvalue weighted by molar-refractivity contribution is 7.10. The van der Waals surface area contributed by atoms with Gasteiger partial charge in [-0.2, -0.15) is 0 Å². The number of piperidine rings is 1. The third-order valence-corrected chi connectivity index (χ3v) is 5.94. The van der Waals surface area contributed by atoms with E-state index >= 15 is 0 Å². The topological polar surface area (TPSA) is 56.0 Å². The molecule has 1 atom stereocenters. The molecule has 0 radical (unpaired) electrons. The smallest absolute Gasteiger partial charge is 0.296 e. The van der Waals surface area contributed by atoms with Crippen LogP contribution in [0.2, 0.25) is 0 Å². The highest BCUT2D eigenvalue weighted by Gasteiger charge is 2.26. The van der Waals surface area contributed by atoms with Gasteiger partial charge < -0.3 is 0 Å². The van der Waals surface area contributed by atoms with Crippen molar-refractivity contribution < 1.29 is 0 Å². The molecule has 3 aromatic rings. The lowest BCUT2D eigenvalue weighted by Crippen LogP contribution is -2.39. The summed E-state index contributed by atoms with van der Waals surface area (Å²) >= 11 is 1.82. The molecular formula is C17H21N5OS. The Morgan fingerprint density at radius 3 is 3.08 bits per heavy atom. The third kappa shape index (κ3) is 2.57. The summed E-state index contributed by atoms with van der Waals surface area (Å²) in [5.41, 5.74) is 2.91. The van der Waals surface area contributed by atoms with E-state index in [1.54, 1.807) is 17.8 Å². The molecule has 24 heavy (non-hydrogen) atoms. The van der Waals surface area contributed by atoms with Crippen molar-refractivity contribution in [3.63, 3.8) is 0 Å². The van der Waals surface area contributed by atoms with Crippen LogP contribution >= 0.6 is 11.3 Å². The monoisotopic (exact) mass is 343 g/mol. The summed E-state index contributed by atoms with van der Waals surface area (Å²) in [6, 6.07) is 2.35. The van der Waals surface area contributed by atoms with E-state index in [0.29, 0.717) is 0 Å². The summed E-state index contributed by atoms with van der Waals surface area (Å²) < 4.78 is 3.52. The Labute approximate surface area is 144 Å². The minimum atomic E-state index is 0.00431. The van der Waals surface area contributed by atoms with Gasteiger partial charge in [-0.3, -0.25) is 14.0 Å². The van der Waals surface area contributed by atoms with E-state index in [2.05, 4.69) is 33.2 Å². The number of aromatic nitrogens is 4. The van der Waals surface area contributed by atoms with Crippen LogP contribution in [0.1, 0.15) is 29.3 Å². The van der Waals surface area contributed by atoms with Gasteiger partial charge in [0.2, 0.25) is 0 Å².